The number of nitrogens with two attached hydrogens (primary N) is 1. The Morgan fingerprint density at radius 1 is 1.41 bits per heavy atom. The minimum Gasteiger partial charge on any atom is -0.492 e. The number of benzene rings is 1. The topological polar surface area (TPSA) is 61.5 Å². The van der Waals surface area contributed by atoms with Crippen molar-refractivity contribution in [2.24, 2.45) is 11.1 Å². The van der Waals surface area contributed by atoms with Crippen LogP contribution in [0.15, 0.2) is 24.3 Å². The largest absolute Gasteiger partial charge is 0.492 e. The number of carbonyl (C=O) groups is 1. The van der Waals surface area contributed by atoms with Gasteiger partial charge in [0.1, 0.15) is 12.4 Å². The van der Waals surface area contributed by atoms with Gasteiger partial charge in [-0.05, 0) is 31.5 Å². The van der Waals surface area contributed by atoms with Crippen LogP contribution < -0.4 is 10.5 Å². The molecular weight excluding hydrogens is 218 g/mol. The first-order valence-corrected chi connectivity index (χ1v) is 5.50. The molecule has 4 nitrogen and oxygen atoms in total. The zero-order valence-electron chi connectivity index (χ0n) is 10.5. The summed E-state index contributed by atoms with van der Waals surface area (Å²) in [5.41, 5.74) is 5.88. The van der Waals surface area contributed by atoms with Crippen LogP contribution in [0.5, 0.6) is 5.75 Å². The molecule has 0 spiro atoms. The van der Waals surface area contributed by atoms with E-state index in [-0.39, 0.29) is 12.6 Å². The number of hydrogen-bond acceptors (Lipinski definition) is 4. The molecule has 17 heavy (non-hydrogen) atoms. The summed E-state index contributed by atoms with van der Waals surface area (Å²) in [6.45, 7) is 4.31. The molecule has 94 valence electrons. The van der Waals surface area contributed by atoms with E-state index in [1.807, 2.05) is 24.3 Å². The summed E-state index contributed by atoms with van der Waals surface area (Å²) in [4.78, 5) is 11.5. The van der Waals surface area contributed by atoms with Gasteiger partial charge in [-0.1, -0.05) is 12.1 Å². The van der Waals surface area contributed by atoms with Gasteiger partial charge >= 0.3 is 5.97 Å². The zero-order chi connectivity index (χ0) is 12.9. The van der Waals surface area contributed by atoms with Crippen molar-refractivity contribution in [1.82, 2.24) is 0 Å². The summed E-state index contributed by atoms with van der Waals surface area (Å²) in [6, 6.07) is 7.51. The van der Waals surface area contributed by atoms with Gasteiger partial charge in [0, 0.05) is 6.54 Å². The Kier molecular flexibility index (Phi) is 4.52. The van der Waals surface area contributed by atoms with Crippen LogP contribution in [-0.4, -0.2) is 19.7 Å². The molecule has 0 heterocycles. The second kappa shape index (κ2) is 5.68. The third-order valence-electron chi connectivity index (χ3n) is 2.47. The Hall–Kier alpha value is -1.55. The van der Waals surface area contributed by atoms with E-state index in [4.69, 9.17) is 15.2 Å². The maximum Gasteiger partial charge on any atom is 0.314 e. The van der Waals surface area contributed by atoms with Crippen LogP contribution >= 0.6 is 0 Å². The molecule has 1 rings (SSSR count). The van der Waals surface area contributed by atoms with Crippen molar-refractivity contribution in [2.45, 2.75) is 20.4 Å². The molecule has 0 saturated carbocycles. The van der Waals surface area contributed by atoms with Gasteiger partial charge in [0.25, 0.3) is 0 Å². The highest BCUT2D eigenvalue weighted by molar-refractivity contribution is 5.75. The van der Waals surface area contributed by atoms with Gasteiger partial charge in [0.05, 0.1) is 12.5 Å². The lowest BCUT2D eigenvalue weighted by Crippen LogP contribution is -2.32. The van der Waals surface area contributed by atoms with Crippen LogP contribution in [0.2, 0.25) is 0 Å². The predicted molar refractivity (Wildman–Crippen MR) is 65.6 cm³/mol. The molecule has 0 aliphatic heterocycles. The van der Waals surface area contributed by atoms with Crippen molar-refractivity contribution in [1.29, 1.82) is 0 Å². The predicted octanol–water partition coefficient (Wildman–Crippen LogP) is 1.72. The van der Waals surface area contributed by atoms with Gasteiger partial charge in [0.2, 0.25) is 0 Å². The van der Waals surface area contributed by atoms with E-state index in [2.05, 4.69) is 0 Å². The molecule has 0 radical (unpaired) electrons. The van der Waals surface area contributed by atoms with Gasteiger partial charge in [-0.2, -0.15) is 0 Å². The number of ether oxygens (including phenoxy) is 2. The monoisotopic (exact) mass is 237 g/mol. The molecular formula is C13H19NO3. The average molecular weight is 237 g/mol. The SMILES string of the molecule is COC(=O)C(C)(C)COc1cccc(CN)c1. The Labute approximate surface area is 102 Å². The summed E-state index contributed by atoms with van der Waals surface area (Å²) in [6.07, 6.45) is 0. The summed E-state index contributed by atoms with van der Waals surface area (Å²) < 4.78 is 10.3. The first-order chi connectivity index (χ1) is 7.99. The Balaban J connectivity index is 2.63. The van der Waals surface area contributed by atoms with Crippen LogP contribution in [0.4, 0.5) is 0 Å². The van der Waals surface area contributed by atoms with Gasteiger partial charge in [-0.15, -0.1) is 0 Å². The Morgan fingerprint density at radius 3 is 2.71 bits per heavy atom. The lowest BCUT2D eigenvalue weighted by atomic mass is 9.95. The number of esters is 1. The zero-order valence-corrected chi connectivity index (χ0v) is 10.5. The number of hydrogen-bond donors (Lipinski definition) is 1. The van der Waals surface area contributed by atoms with Crippen molar-refractivity contribution in [2.75, 3.05) is 13.7 Å². The summed E-state index contributed by atoms with van der Waals surface area (Å²) in [5, 5.41) is 0. The summed E-state index contributed by atoms with van der Waals surface area (Å²) in [5.74, 6) is 0.428. The third kappa shape index (κ3) is 3.75. The molecule has 2 N–H and O–H groups in total. The molecule has 0 aromatic heterocycles. The van der Waals surface area contributed by atoms with Crippen molar-refractivity contribution in [3.8, 4) is 5.75 Å². The van der Waals surface area contributed by atoms with Crippen LogP contribution in [0.1, 0.15) is 19.4 Å². The molecule has 1 aromatic carbocycles. The Morgan fingerprint density at radius 2 is 2.12 bits per heavy atom. The number of carbonyl (C=O) groups excluding carboxylic acids is 1. The van der Waals surface area contributed by atoms with Crippen LogP contribution in [-0.2, 0) is 16.1 Å². The molecule has 4 heteroatoms. The summed E-state index contributed by atoms with van der Waals surface area (Å²) >= 11 is 0. The van der Waals surface area contributed by atoms with Gasteiger partial charge in [-0.25, -0.2) is 0 Å². The summed E-state index contributed by atoms with van der Waals surface area (Å²) in [7, 11) is 1.37. The first kappa shape index (κ1) is 13.5. The second-order valence-electron chi connectivity index (χ2n) is 4.52. The quantitative estimate of drug-likeness (QED) is 0.792. The molecule has 0 aliphatic rings. The van der Waals surface area contributed by atoms with Gasteiger partial charge < -0.3 is 15.2 Å². The fourth-order valence-electron chi connectivity index (χ4n) is 1.36. The van der Waals surface area contributed by atoms with E-state index in [9.17, 15) is 4.79 Å². The average Bonchev–Trinajstić information content (AvgIpc) is 2.35. The Bertz CT molecular complexity index is 388. The molecule has 0 atom stereocenters. The van der Waals surface area contributed by atoms with Crippen molar-refractivity contribution in [3.05, 3.63) is 29.8 Å². The van der Waals surface area contributed by atoms with Crippen molar-refractivity contribution >= 4 is 5.97 Å². The highest BCUT2D eigenvalue weighted by atomic mass is 16.5. The van der Waals surface area contributed by atoms with E-state index in [1.165, 1.54) is 7.11 Å². The van der Waals surface area contributed by atoms with Crippen molar-refractivity contribution < 1.29 is 14.3 Å². The second-order valence-corrected chi connectivity index (χ2v) is 4.52. The molecule has 0 amide bonds. The standard InChI is InChI=1S/C13H19NO3/c1-13(2,12(15)16-3)9-17-11-6-4-5-10(7-11)8-14/h4-7H,8-9,14H2,1-3H3. The van der Waals surface area contributed by atoms with E-state index >= 15 is 0 Å². The van der Waals surface area contributed by atoms with E-state index in [0.717, 1.165) is 5.56 Å². The minimum atomic E-state index is -0.659. The first-order valence-electron chi connectivity index (χ1n) is 5.50. The highest BCUT2D eigenvalue weighted by Crippen LogP contribution is 2.20. The van der Waals surface area contributed by atoms with Crippen LogP contribution in [0, 0.1) is 5.41 Å². The lowest BCUT2D eigenvalue weighted by Gasteiger charge is -2.21. The maximum absolute atomic E-state index is 11.5. The fourth-order valence-corrected chi connectivity index (χ4v) is 1.36. The highest BCUT2D eigenvalue weighted by Gasteiger charge is 2.29. The molecule has 0 bridgehead atoms. The van der Waals surface area contributed by atoms with Crippen molar-refractivity contribution in [3.63, 3.8) is 0 Å². The molecule has 0 saturated heterocycles. The lowest BCUT2D eigenvalue weighted by molar-refractivity contribution is -0.152. The maximum atomic E-state index is 11.5. The molecule has 0 unspecified atom stereocenters. The fraction of sp³-hybridized carbons (Fsp3) is 0.462. The molecule has 0 fully saturated rings. The minimum absolute atomic E-state index is 0.272. The third-order valence-corrected chi connectivity index (χ3v) is 2.47. The molecule has 0 aliphatic carbocycles. The van der Waals surface area contributed by atoms with E-state index in [0.29, 0.717) is 12.3 Å². The van der Waals surface area contributed by atoms with Gasteiger partial charge in [0.15, 0.2) is 0 Å². The van der Waals surface area contributed by atoms with E-state index in [1.54, 1.807) is 13.8 Å². The number of methoxy groups -OCH3 is 1. The van der Waals surface area contributed by atoms with Gasteiger partial charge in [-0.3, -0.25) is 4.79 Å². The van der Waals surface area contributed by atoms with E-state index < -0.39 is 5.41 Å². The van der Waals surface area contributed by atoms with Crippen LogP contribution in [0.3, 0.4) is 0 Å². The van der Waals surface area contributed by atoms with Crippen LogP contribution in [0.25, 0.3) is 0 Å². The smallest absolute Gasteiger partial charge is 0.314 e. The molecule has 1 aromatic rings. The number of rotatable bonds is 5. The normalized spacial score (nSPS) is 11.1.